The standard InChI is InChI=1S/C13H24O7Si/c1-4-18-21(19-5-2,20-6-3)9-7-8-11(13(16)17)10-12(14)15/h10H,4-9H2,1-3H3,(H,14,15)(H,16,17)/b11-10-. The Kier molecular flexibility index (Phi) is 9.88. The van der Waals surface area contributed by atoms with Crippen molar-refractivity contribution in [1.29, 1.82) is 0 Å². The molecule has 0 aromatic rings. The lowest BCUT2D eigenvalue weighted by molar-refractivity contribution is -0.135. The van der Waals surface area contributed by atoms with E-state index in [2.05, 4.69) is 0 Å². The second kappa shape index (κ2) is 10.5. The monoisotopic (exact) mass is 320 g/mol. The molecule has 0 atom stereocenters. The van der Waals surface area contributed by atoms with Crippen molar-refractivity contribution in [3.05, 3.63) is 11.6 Å². The fourth-order valence-electron chi connectivity index (χ4n) is 1.89. The van der Waals surface area contributed by atoms with Crippen LogP contribution in [-0.2, 0) is 22.9 Å². The first kappa shape index (κ1) is 19.8. The predicted octanol–water partition coefficient (Wildman–Crippen LogP) is 1.91. The van der Waals surface area contributed by atoms with E-state index in [4.69, 9.17) is 23.5 Å². The van der Waals surface area contributed by atoms with Crippen molar-refractivity contribution in [2.24, 2.45) is 0 Å². The average Bonchev–Trinajstić information content (AvgIpc) is 2.38. The Hall–Kier alpha value is -1.22. The summed E-state index contributed by atoms with van der Waals surface area (Å²) in [5.41, 5.74) is -0.144. The lowest BCUT2D eigenvalue weighted by atomic mass is 10.1. The van der Waals surface area contributed by atoms with Crippen LogP contribution < -0.4 is 0 Å². The zero-order valence-electron chi connectivity index (χ0n) is 12.8. The van der Waals surface area contributed by atoms with E-state index in [1.165, 1.54) is 0 Å². The SMILES string of the molecule is CCO[Si](CCC/C(=C/C(=O)O)C(=O)O)(OCC)OCC. The van der Waals surface area contributed by atoms with Gasteiger partial charge >= 0.3 is 20.7 Å². The van der Waals surface area contributed by atoms with Crippen LogP contribution in [0.3, 0.4) is 0 Å². The first-order valence-corrected chi connectivity index (χ1v) is 8.92. The van der Waals surface area contributed by atoms with E-state index >= 15 is 0 Å². The van der Waals surface area contributed by atoms with Gasteiger partial charge in [0.2, 0.25) is 0 Å². The molecule has 8 heteroatoms. The summed E-state index contributed by atoms with van der Waals surface area (Å²) in [7, 11) is -2.80. The Bertz CT molecular complexity index is 351. The Morgan fingerprint density at radius 1 is 1.00 bits per heavy atom. The van der Waals surface area contributed by atoms with Crippen LogP contribution in [0.15, 0.2) is 11.6 Å². The maximum absolute atomic E-state index is 11.0. The number of aliphatic carboxylic acids is 2. The van der Waals surface area contributed by atoms with Gasteiger partial charge in [0, 0.05) is 37.5 Å². The third kappa shape index (κ3) is 7.95. The van der Waals surface area contributed by atoms with Crippen molar-refractivity contribution in [2.75, 3.05) is 19.8 Å². The van der Waals surface area contributed by atoms with Gasteiger partial charge in [-0.3, -0.25) is 0 Å². The Balaban J connectivity index is 4.73. The fourth-order valence-corrected chi connectivity index (χ4v) is 4.50. The van der Waals surface area contributed by atoms with Gasteiger partial charge in [0.15, 0.2) is 0 Å². The van der Waals surface area contributed by atoms with Crippen LogP contribution in [0.25, 0.3) is 0 Å². The van der Waals surface area contributed by atoms with Crippen LogP contribution in [0, 0.1) is 0 Å². The molecule has 0 aliphatic rings. The van der Waals surface area contributed by atoms with Gasteiger partial charge in [0.25, 0.3) is 0 Å². The number of carboxylic acids is 2. The lowest BCUT2D eigenvalue weighted by Gasteiger charge is -2.28. The van der Waals surface area contributed by atoms with Gasteiger partial charge in [-0.05, 0) is 33.6 Å². The van der Waals surface area contributed by atoms with Gasteiger partial charge < -0.3 is 23.5 Å². The van der Waals surface area contributed by atoms with Gasteiger partial charge in [-0.25, -0.2) is 9.59 Å². The van der Waals surface area contributed by atoms with Gasteiger partial charge in [-0.15, -0.1) is 0 Å². The minimum atomic E-state index is -2.80. The maximum atomic E-state index is 11.0. The number of rotatable bonds is 12. The maximum Gasteiger partial charge on any atom is 0.500 e. The highest BCUT2D eigenvalue weighted by atomic mass is 28.4. The highest BCUT2D eigenvalue weighted by Gasteiger charge is 2.39. The summed E-state index contributed by atoms with van der Waals surface area (Å²) in [4.78, 5) is 21.5. The molecule has 0 saturated heterocycles. The van der Waals surface area contributed by atoms with Crippen LogP contribution in [0.1, 0.15) is 33.6 Å². The van der Waals surface area contributed by atoms with Gasteiger partial charge in [-0.1, -0.05) is 0 Å². The summed E-state index contributed by atoms with van der Waals surface area (Å²) in [6.07, 6.45) is 1.27. The molecular weight excluding hydrogens is 296 g/mol. The molecule has 0 fully saturated rings. The minimum Gasteiger partial charge on any atom is -0.478 e. The molecule has 0 rings (SSSR count). The first-order valence-electron chi connectivity index (χ1n) is 6.99. The normalized spacial score (nSPS) is 12.4. The van der Waals surface area contributed by atoms with Crippen molar-refractivity contribution in [3.8, 4) is 0 Å². The minimum absolute atomic E-state index is 0.129. The number of hydrogen-bond donors (Lipinski definition) is 2. The zero-order chi connectivity index (χ0) is 16.3. The lowest BCUT2D eigenvalue weighted by Crippen LogP contribution is -2.45. The van der Waals surface area contributed by atoms with E-state index < -0.39 is 20.7 Å². The van der Waals surface area contributed by atoms with Gasteiger partial charge in [0.05, 0.1) is 0 Å². The molecule has 0 aliphatic carbocycles. The van der Waals surface area contributed by atoms with Crippen LogP contribution >= 0.6 is 0 Å². The molecule has 0 saturated carbocycles. The molecule has 2 N–H and O–H groups in total. The molecule has 7 nitrogen and oxygen atoms in total. The second-order valence-electron chi connectivity index (χ2n) is 4.15. The van der Waals surface area contributed by atoms with Crippen LogP contribution in [0.5, 0.6) is 0 Å². The number of carboxylic acid groups (broad SMARTS) is 2. The molecule has 0 unspecified atom stereocenters. The quantitative estimate of drug-likeness (QED) is 0.418. The van der Waals surface area contributed by atoms with E-state index in [-0.39, 0.29) is 12.0 Å². The molecule has 0 bridgehead atoms. The molecule has 122 valence electrons. The molecule has 0 aromatic heterocycles. The molecular formula is C13H24O7Si. The molecule has 0 spiro atoms. The first-order chi connectivity index (χ1) is 9.90. The largest absolute Gasteiger partial charge is 0.500 e. The summed E-state index contributed by atoms with van der Waals surface area (Å²) >= 11 is 0. The van der Waals surface area contributed by atoms with E-state index in [0.717, 1.165) is 0 Å². The Labute approximate surface area is 125 Å². The third-order valence-electron chi connectivity index (χ3n) is 2.59. The highest BCUT2D eigenvalue weighted by molar-refractivity contribution is 6.60. The molecule has 0 aliphatic heterocycles. The molecule has 0 aromatic carbocycles. The fraction of sp³-hybridized carbons (Fsp3) is 0.692. The molecule has 21 heavy (non-hydrogen) atoms. The van der Waals surface area contributed by atoms with E-state index in [1.54, 1.807) is 0 Å². The average molecular weight is 320 g/mol. The zero-order valence-corrected chi connectivity index (χ0v) is 13.8. The van der Waals surface area contributed by atoms with E-state index in [9.17, 15) is 9.59 Å². The molecule has 0 radical (unpaired) electrons. The van der Waals surface area contributed by atoms with Crippen molar-refractivity contribution >= 4 is 20.7 Å². The summed E-state index contributed by atoms with van der Waals surface area (Å²) < 4.78 is 16.9. The number of carbonyl (C=O) groups is 2. The Morgan fingerprint density at radius 2 is 1.48 bits per heavy atom. The number of hydrogen-bond acceptors (Lipinski definition) is 5. The van der Waals surface area contributed by atoms with Crippen LogP contribution in [-0.4, -0.2) is 50.8 Å². The summed E-state index contributed by atoms with van der Waals surface area (Å²) in [6, 6.07) is 0.451. The van der Waals surface area contributed by atoms with Gasteiger partial charge in [-0.2, -0.15) is 0 Å². The topological polar surface area (TPSA) is 102 Å². The van der Waals surface area contributed by atoms with E-state index in [1.807, 2.05) is 20.8 Å². The summed E-state index contributed by atoms with van der Waals surface area (Å²) in [5, 5.41) is 17.6. The van der Waals surface area contributed by atoms with Crippen molar-refractivity contribution in [3.63, 3.8) is 0 Å². The van der Waals surface area contributed by atoms with E-state index in [0.29, 0.717) is 38.4 Å². The molecule has 0 amide bonds. The second-order valence-corrected chi connectivity index (χ2v) is 6.88. The Morgan fingerprint density at radius 3 is 1.81 bits per heavy atom. The predicted molar refractivity (Wildman–Crippen MR) is 78.0 cm³/mol. The van der Waals surface area contributed by atoms with Crippen molar-refractivity contribution < 1.29 is 33.1 Å². The smallest absolute Gasteiger partial charge is 0.478 e. The van der Waals surface area contributed by atoms with Crippen molar-refractivity contribution in [2.45, 2.75) is 39.7 Å². The molecule has 0 heterocycles. The summed E-state index contributed by atoms with van der Waals surface area (Å²) in [6.45, 7) is 6.86. The van der Waals surface area contributed by atoms with Crippen molar-refractivity contribution in [1.82, 2.24) is 0 Å². The van der Waals surface area contributed by atoms with Crippen LogP contribution in [0.2, 0.25) is 6.04 Å². The van der Waals surface area contributed by atoms with Crippen LogP contribution in [0.4, 0.5) is 0 Å². The highest BCUT2D eigenvalue weighted by Crippen LogP contribution is 2.21. The summed E-state index contributed by atoms with van der Waals surface area (Å²) in [5.74, 6) is -2.50. The third-order valence-corrected chi connectivity index (χ3v) is 5.75. The van der Waals surface area contributed by atoms with Gasteiger partial charge in [0.1, 0.15) is 0 Å².